The van der Waals surface area contributed by atoms with Gasteiger partial charge in [-0.05, 0) is 39.3 Å². The van der Waals surface area contributed by atoms with E-state index in [2.05, 4.69) is 5.32 Å². The fourth-order valence-corrected chi connectivity index (χ4v) is 1.52. The van der Waals surface area contributed by atoms with Gasteiger partial charge >= 0.3 is 0 Å². The predicted molar refractivity (Wildman–Crippen MR) is 70.5 cm³/mol. The normalized spacial score (nSPS) is 11.4. The lowest BCUT2D eigenvalue weighted by atomic mass is 10.2. The van der Waals surface area contributed by atoms with E-state index >= 15 is 0 Å². The molecule has 0 bridgehead atoms. The Morgan fingerprint density at radius 2 is 2.06 bits per heavy atom. The van der Waals surface area contributed by atoms with Gasteiger partial charge in [0.1, 0.15) is 6.61 Å². The van der Waals surface area contributed by atoms with Crippen molar-refractivity contribution in [2.75, 3.05) is 11.9 Å². The second-order valence-electron chi connectivity index (χ2n) is 4.88. The van der Waals surface area contributed by atoms with Gasteiger partial charge in [-0.3, -0.25) is 4.79 Å². The Labute approximate surface area is 107 Å². The van der Waals surface area contributed by atoms with E-state index in [1.807, 2.05) is 39.8 Å². The van der Waals surface area contributed by atoms with Crippen molar-refractivity contribution >= 4 is 23.2 Å². The summed E-state index contributed by atoms with van der Waals surface area (Å²) >= 11 is 6.01. The monoisotopic (exact) mass is 255 g/mol. The first kappa shape index (κ1) is 14.0. The van der Waals surface area contributed by atoms with Gasteiger partial charge in [0.05, 0.1) is 16.3 Å². The number of para-hydroxylation sites is 1. The summed E-state index contributed by atoms with van der Waals surface area (Å²) in [5.41, 5.74) is 1.26. The lowest BCUT2D eigenvalue weighted by Crippen LogP contribution is -2.27. The molecule has 0 aliphatic carbocycles. The van der Waals surface area contributed by atoms with Crippen LogP contribution in [-0.2, 0) is 9.53 Å². The second-order valence-corrected chi connectivity index (χ2v) is 5.29. The van der Waals surface area contributed by atoms with Crippen molar-refractivity contribution in [2.45, 2.75) is 33.3 Å². The van der Waals surface area contributed by atoms with E-state index in [1.54, 1.807) is 6.07 Å². The Balaban J connectivity index is 2.63. The van der Waals surface area contributed by atoms with Gasteiger partial charge in [-0.1, -0.05) is 23.7 Å². The van der Waals surface area contributed by atoms with Crippen LogP contribution in [-0.4, -0.2) is 18.1 Å². The van der Waals surface area contributed by atoms with Gasteiger partial charge in [0, 0.05) is 0 Å². The minimum atomic E-state index is -0.327. The first-order chi connectivity index (χ1) is 7.79. The predicted octanol–water partition coefficient (Wildman–Crippen LogP) is 3.40. The molecule has 0 unspecified atom stereocenters. The minimum Gasteiger partial charge on any atom is -0.366 e. The number of aryl methyl sites for hydroxylation is 1. The highest BCUT2D eigenvalue weighted by atomic mass is 35.5. The van der Waals surface area contributed by atoms with Crippen molar-refractivity contribution in [3.05, 3.63) is 28.8 Å². The number of carbonyl (C=O) groups excluding carboxylic acids is 1. The van der Waals surface area contributed by atoms with Crippen LogP contribution in [0.2, 0.25) is 5.02 Å². The molecule has 0 aliphatic heterocycles. The molecular weight excluding hydrogens is 238 g/mol. The van der Waals surface area contributed by atoms with E-state index in [1.165, 1.54) is 0 Å². The molecule has 1 rings (SSSR count). The molecule has 0 saturated heterocycles. The molecule has 0 saturated carbocycles. The number of rotatable bonds is 3. The lowest BCUT2D eigenvalue weighted by molar-refractivity contribution is -0.125. The first-order valence-electron chi connectivity index (χ1n) is 5.48. The van der Waals surface area contributed by atoms with Crippen LogP contribution in [0.1, 0.15) is 26.3 Å². The molecule has 0 atom stereocenters. The SMILES string of the molecule is Cc1cccc(Cl)c1NC(=O)COC(C)(C)C. The van der Waals surface area contributed by atoms with Crippen molar-refractivity contribution in [3.8, 4) is 0 Å². The van der Waals surface area contributed by atoms with Crippen molar-refractivity contribution in [2.24, 2.45) is 0 Å². The summed E-state index contributed by atoms with van der Waals surface area (Å²) < 4.78 is 5.39. The number of anilines is 1. The number of amides is 1. The third kappa shape index (κ3) is 4.75. The molecule has 94 valence electrons. The zero-order chi connectivity index (χ0) is 13.1. The molecule has 1 N–H and O–H groups in total. The van der Waals surface area contributed by atoms with Gasteiger partial charge in [-0.25, -0.2) is 0 Å². The third-order valence-electron chi connectivity index (χ3n) is 2.12. The van der Waals surface area contributed by atoms with Crippen LogP contribution in [0.4, 0.5) is 5.69 Å². The molecule has 17 heavy (non-hydrogen) atoms. The summed E-state index contributed by atoms with van der Waals surface area (Å²) in [6.07, 6.45) is 0. The molecule has 4 heteroatoms. The fourth-order valence-electron chi connectivity index (χ4n) is 1.25. The summed E-state index contributed by atoms with van der Waals surface area (Å²) in [5, 5.41) is 3.29. The number of carbonyl (C=O) groups is 1. The molecule has 0 aliphatic rings. The van der Waals surface area contributed by atoms with Crippen LogP contribution in [0.25, 0.3) is 0 Å². The van der Waals surface area contributed by atoms with E-state index in [0.29, 0.717) is 10.7 Å². The van der Waals surface area contributed by atoms with Gasteiger partial charge in [-0.15, -0.1) is 0 Å². The zero-order valence-electron chi connectivity index (χ0n) is 10.6. The molecular formula is C13H18ClNO2. The molecule has 1 amide bonds. The van der Waals surface area contributed by atoms with Crippen LogP contribution in [0.3, 0.4) is 0 Å². The smallest absolute Gasteiger partial charge is 0.250 e. The summed E-state index contributed by atoms with van der Waals surface area (Å²) in [6, 6.07) is 5.49. The molecule has 0 spiro atoms. The number of halogens is 1. The molecule has 0 heterocycles. The summed E-state index contributed by atoms with van der Waals surface area (Å²) in [5.74, 6) is -0.198. The van der Waals surface area contributed by atoms with Crippen LogP contribution < -0.4 is 5.32 Å². The maximum Gasteiger partial charge on any atom is 0.250 e. The Kier molecular flexibility index (Phi) is 4.54. The van der Waals surface area contributed by atoms with Crippen LogP contribution in [0.5, 0.6) is 0 Å². The van der Waals surface area contributed by atoms with E-state index in [0.717, 1.165) is 5.56 Å². The summed E-state index contributed by atoms with van der Waals surface area (Å²) in [6.45, 7) is 7.63. The van der Waals surface area contributed by atoms with Crippen LogP contribution >= 0.6 is 11.6 Å². The number of nitrogens with one attached hydrogen (secondary N) is 1. The highest BCUT2D eigenvalue weighted by molar-refractivity contribution is 6.33. The molecule has 3 nitrogen and oxygen atoms in total. The number of benzene rings is 1. The second kappa shape index (κ2) is 5.52. The topological polar surface area (TPSA) is 38.3 Å². The Bertz CT molecular complexity index is 390. The van der Waals surface area contributed by atoms with E-state index < -0.39 is 0 Å². The van der Waals surface area contributed by atoms with Crippen molar-refractivity contribution < 1.29 is 9.53 Å². The maximum atomic E-state index is 11.7. The average molecular weight is 256 g/mol. The molecule has 1 aromatic rings. The highest BCUT2D eigenvalue weighted by Crippen LogP contribution is 2.25. The molecule has 0 aromatic heterocycles. The Hall–Kier alpha value is -1.06. The summed E-state index contributed by atoms with van der Waals surface area (Å²) in [7, 11) is 0. The zero-order valence-corrected chi connectivity index (χ0v) is 11.4. The van der Waals surface area contributed by atoms with Crippen molar-refractivity contribution in [1.29, 1.82) is 0 Å². The standard InChI is InChI=1S/C13H18ClNO2/c1-9-6-5-7-10(14)12(9)15-11(16)8-17-13(2,3)4/h5-7H,8H2,1-4H3,(H,15,16). The Morgan fingerprint density at radius 3 is 2.59 bits per heavy atom. The van der Waals surface area contributed by atoms with Gasteiger partial charge in [0.25, 0.3) is 0 Å². The lowest BCUT2D eigenvalue weighted by Gasteiger charge is -2.19. The van der Waals surface area contributed by atoms with Gasteiger partial charge in [-0.2, -0.15) is 0 Å². The largest absolute Gasteiger partial charge is 0.366 e. The molecule has 0 radical (unpaired) electrons. The fraction of sp³-hybridized carbons (Fsp3) is 0.462. The van der Waals surface area contributed by atoms with Gasteiger partial charge < -0.3 is 10.1 Å². The minimum absolute atomic E-state index is 0.0220. The number of ether oxygens (including phenoxy) is 1. The first-order valence-corrected chi connectivity index (χ1v) is 5.86. The summed E-state index contributed by atoms with van der Waals surface area (Å²) in [4.78, 5) is 11.7. The maximum absolute atomic E-state index is 11.7. The quantitative estimate of drug-likeness (QED) is 0.899. The highest BCUT2D eigenvalue weighted by Gasteiger charge is 2.14. The average Bonchev–Trinajstić information content (AvgIpc) is 2.20. The third-order valence-corrected chi connectivity index (χ3v) is 2.44. The van der Waals surface area contributed by atoms with E-state index in [-0.39, 0.29) is 18.1 Å². The Morgan fingerprint density at radius 1 is 1.41 bits per heavy atom. The van der Waals surface area contributed by atoms with E-state index in [9.17, 15) is 4.79 Å². The van der Waals surface area contributed by atoms with Crippen molar-refractivity contribution in [3.63, 3.8) is 0 Å². The molecule has 0 fully saturated rings. The number of hydrogen-bond donors (Lipinski definition) is 1. The number of hydrogen-bond acceptors (Lipinski definition) is 2. The van der Waals surface area contributed by atoms with Gasteiger partial charge in [0.2, 0.25) is 5.91 Å². The van der Waals surface area contributed by atoms with Crippen LogP contribution in [0.15, 0.2) is 18.2 Å². The van der Waals surface area contributed by atoms with Gasteiger partial charge in [0.15, 0.2) is 0 Å². The molecule has 1 aromatic carbocycles. The van der Waals surface area contributed by atoms with E-state index in [4.69, 9.17) is 16.3 Å². The van der Waals surface area contributed by atoms with Crippen molar-refractivity contribution in [1.82, 2.24) is 0 Å². The van der Waals surface area contributed by atoms with Crippen LogP contribution in [0, 0.1) is 6.92 Å².